The topological polar surface area (TPSA) is 66.5 Å². The number of amides is 1. The van der Waals surface area contributed by atoms with Crippen LogP contribution in [0, 0.1) is 6.92 Å². The van der Waals surface area contributed by atoms with Crippen molar-refractivity contribution in [2.45, 2.75) is 6.92 Å². The predicted molar refractivity (Wildman–Crippen MR) is 93.8 cm³/mol. The standard InChI is InChI=1S/C16H17ClN2O3S/c1-11-13(17)8-6-9-14(11)18-16(20)12-7-4-5-10-15(12)19(2)23(3,21)22/h4-10H,1-3H3,(H,18,20). The summed E-state index contributed by atoms with van der Waals surface area (Å²) in [4.78, 5) is 12.6. The number of rotatable bonds is 4. The van der Waals surface area contributed by atoms with Gasteiger partial charge in [-0.1, -0.05) is 29.8 Å². The van der Waals surface area contributed by atoms with Gasteiger partial charge in [-0.15, -0.1) is 0 Å². The first-order valence-corrected chi connectivity index (χ1v) is 9.04. The Morgan fingerprint density at radius 2 is 1.78 bits per heavy atom. The molecule has 0 bridgehead atoms. The maximum Gasteiger partial charge on any atom is 0.257 e. The molecule has 23 heavy (non-hydrogen) atoms. The number of sulfonamides is 1. The fourth-order valence-electron chi connectivity index (χ4n) is 2.05. The first-order chi connectivity index (χ1) is 10.7. The Balaban J connectivity index is 2.39. The second-order valence-corrected chi connectivity index (χ2v) is 7.54. The maximum absolute atomic E-state index is 12.6. The Morgan fingerprint density at radius 1 is 1.13 bits per heavy atom. The van der Waals surface area contributed by atoms with Crippen molar-refractivity contribution in [3.63, 3.8) is 0 Å². The summed E-state index contributed by atoms with van der Waals surface area (Å²) in [5.41, 5.74) is 1.91. The van der Waals surface area contributed by atoms with Gasteiger partial charge in [-0.2, -0.15) is 0 Å². The molecule has 0 spiro atoms. The Bertz CT molecular complexity index is 850. The minimum Gasteiger partial charge on any atom is -0.322 e. The molecule has 1 N–H and O–H groups in total. The lowest BCUT2D eigenvalue weighted by molar-refractivity contribution is 0.102. The zero-order valence-corrected chi connectivity index (χ0v) is 14.6. The minimum absolute atomic E-state index is 0.264. The van der Waals surface area contributed by atoms with Gasteiger partial charge < -0.3 is 5.32 Å². The van der Waals surface area contributed by atoms with Gasteiger partial charge in [-0.25, -0.2) is 8.42 Å². The molecule has 122 valence electrons. The van der Waals surface area contributed by atoms with E-state index in [0.29, 0.717) is 16.4 Å². The normalized spacial score (nSPS) is 11.1. The second kappa shape index (κ2) is 6.60. The summed E-state index contributed by atoms with van der Waals surface area (Å²) in [6.07, 6.45) is 1.09. The van der Waals surface area contributed by atoms with E-state index in [1.807, 2.05) is 0 Å². The van der Waals surface area contributed by atoms with Crippen molar-refractivity contribution < 1.29 is 13.2 Å². The summed E-state index contributed by atoms with van der Waals surface area (Å²) in [6, 6.07) is 11.7. The SMILES string of the molecule is Cc1c(Cl)cccc1NC(=O)c1ccccc1N(C)S(C)(=O)=O. The van der Waals surface area contributed by atoms with Gasteiger partial charge in [-0.3, -0.25) is 9.10 Å². The number of anilines is 2. The number of hydrogen-bond acceptors (Lipinski definition) is 3. The lowest BCUT2D eigenvalue weighted by Gasteiger charge is -2.20. The number of carbonyl (C=O) groups is 1. The van der Waals surface area contributed by atoms with Crippen molar-refractivity contribution >= 4 is 38.9 Å². The molecule has 1 amide bonds. The summed E-state index contributed by atoms with van der Waals surface area (Å²) in [6.45, 7) is 1.80. The van der Waals surface area contributed by atoms with E-state index in [4.69, 9.17) is 11.6 Å². The smallest absolute Gasteiger partial charge is 0.257 e. The van der Waals surface area contributed by atoms with Crippen molar-refractivity contribution in [2.75, 3.05) is 22.9 Å². The molecule has 2 rings (SSSR count). The fraction of sp³-hybridized carbons (Fsp3) is 0.188. The number of halogens is 1. The van der Waals surface area contributed by atoms with Gasteiger partial charge in [-0.05, 0) is 36.8 Å². The highest BCUT2D eigenvalue weighted by atomic mass is 35.5. The van der Waals surface area contributed by atoms with Gasteiger partial charge in [0.25, 0.3) is 5.91 Å². The van der Waals surface area contributed by atoms with Gasteiger partial charge in [0, 0.05) is 17.8 Å². The van der Waals surface area contributed by atoms with E-state index in [9.17, 15) is 13.2 Å². The van der Waals surface area contributed by atoms with Crippen molar-refractivity contribution in [3.05, 3.63) is 58.6 Å². The van der Waals surface area contributed by atoms with Crippen LogP contribution in [0.2, 0.25) is 5.02 Å². The van der Waals surface area contributed by atoms with Crippen LogP contribution in [-0.2, 0) is 10.0 Å². The van der Waals surface area contributed by atoms with E-state index >= 15 is 0 Å². The zero-order valence-electron chi connectivity index (χ0n) is 13.0. The average molecular weight is 353 g/mol. The third-order valence-electron chi connectivity index (χ3n) is 3.50. The van der Waals surface area contributed by atoms with Crippen molar-refractivity contribution in [1.82, 2.24) is 0 Å². The van der Waals surface area contributed by atoms with E-state index in [0.717, 1.165) is 16.1 Å². The van der Waals surface area contributed by atoms with Crippen molar-refractivity contribution in [2.24, 2.45) is 0 Å². The molecule has 0 heterocycles. The van der Waals surface area contributed by atoms with Gasteiger partial charge in [0.05, 0.1) is 17.5 Å². The van der Waals surface area contributed by atoms with Gasteiger partial charge >= 0.3 is 0 Å². The molecule has 2 aromatic carbocycles. The molecule has 5 nitrogen and oxygen atoms in total. The molecule has 0 radical (unpaired) electrons. The Morgan fingerprint density at radius 3 is 2.43 bits per heavy atom. The van der Waals surface area contributed by atoms with Crippen molar-refractivity contribution in [1.29, 1.82) is 0 Å². The van der Waals surface area contributed by atoms with E-state index < -0.39 is 15.9 Å². The predicted octanol–water partition coefficient (Wildman–Crippen LogP) is 3.30. The summed E-state index contributed by atoms with van der Waals surface area (Å²) >= 11 is 6.05. The molecule has 0 atom stereocenters. The lowest BCUT2D eigenvalue weighted by Crippen LogP contribution is -2.27. The van der Waals surface area contributed by atoms with E-state index in [2.05, 4.69) is 5.32 Å². The highest BCUT2D eigenvalue weighted by Gasteiger charge is 2.19. The molecule has 0 saturated heterocycles. The summed E-state index contributed by atoms with van der Waals surface area (Å²) < 4.78 is 24.6. The van der Waals surface area contributed by atoms with Gasteiger partial charge in [0.1, 0.15) is 0 Å². The number of para-hydroxylation sites is 1. The zero-order chi connectivity index (χ0) is 17.2. The second-order valence-electron chi connectivity index (χ2n) is 5.11. The molecule has 0 fully saturated rings. The van der Waals surface area contributed by atoms with Crippen LogP contribution in [0.3, 0.4) is 0 Å². The summed E-state index contributed by atoms with van der Waals surface area (Å²) in [5, 5.41) is 3.31. The van der Waals surface area contributed by atoms with E-state index in [1.54, 1.807) is 49.4 Å². The highest BCUT2D eigenvalue weighted by molar-refractivity contribution is 7.92. The number of carbonyl (C=O) groups excluding carboxylic acids is 1. The summed E-state index contributed by atoms with van der Waals surface area (Å²) in [7, 11) is -2.06. The molecule has 0 aromatic heterocycles. The van der Waals surface area contributed by atoms with E-state index in [1.165, 1.54) is 7.05 Å². The van der Waals surface area contributed by atoms with Gasteiger partial charge in [0.2, 0.25) is 10.0 Å². The largest absolute Gasteiger partial charge is 0.322 e. The molecule has 0 saturated carbocycles. The van der Waals surface area contributed by atoms with Crippen molar-refractivity contribution in [3.8, 4) is 0 Å². The number of nitrogens with one attached hydrogen (secondary N) is 1. The monoisotopic (exact) mass is 352 g/mol. The molecule has 0 aliphatic heterocycles. The number of hydrogen-bond donors (Lipinski definition) is 1. The average Bonchev–Trinajstić information content (AvgIpc) is 2.50. The third kappa shape index (κ3) is 3.83. The fourth-order valence-corrected chi connectivity index (χ4v) is 2.74. The quantitative estimate of drug-likeness (QED) is 0.918. The van der Waals surface area contributed by atoms with Crippen LogP contribution in [0.25, 0.3) is 0 Å². The minimum atomic E-state index is -3.47. The lowest BCUT2D eigenvalue weighted by atomic mass is 10.1. The van der Waals surface area contributed by atoms with Crippen LogP contribution >= 0.6 is 11.6 Å². The Labute approximate surface area is 140 Å². The molecular weight excluding hydrogens is 336 g/mol. The third-order valence-corrected chi connectivity index (χ3v) is 5.10. The summed E-state index contributed by atoms with van der Waals surface area (Å²) in [5.74, 6) is -0.401. The van der Waals surface area contributed by atoms with Crippen LogP contribution < -0.4 is 9.62 Å². The molecular formula is C16H17ClN2O3S. The molecule has 0 unspecified atom stereocenters. The maximum atomic E-state index is 12.6. The Kier molecular flexibility index (Phi) is 4.97. The van der Waals surface area contributed by atoms with Gasteiger partial charge in [0.15, 0.2) is 0 Å². The first-order valence-electron chi connectivity index (χ1n) is 6.81. The van der Waals surface area contributed by atoms with Crippen LogP contribution in [0.15, 0.2) is 42.5 Å². The van der Waals surface area contributed by atoms with Crippen LogP contribution in [0.4, 0.5) is 11.4 Å². The number of benzene rings is 2. The highest BCUT2D eigenvalue weighted by Crippen LogP contribution is 2.26. The molecule has 0 aliphatic carbocycles. The van der Waals surface area contributed by atoms with Crippen LogP contribution in [0.1, 0.15) is 15.9 Å². The van der Waals surface area contributed by atoms with Crippen LogP contribution in [0.5, 0.6) is 0 Å². The Hall–Kier alpha value is -2.05. The van der Waals surface area contributed by atoms with Crippen LogP contribution in [-0.4, -0.2) is 27.6 Å². The molecule has 7 heteroatoms. The van der Waals surface area contributed by atoms with E-state index in [-0.39, 0.29) is 5.56 Å². The molecule has 2 aromatic rings. The first kappa shape index (κ1) is 17.3. The number of nitrogens with zero attached hydrogens (tertiary/aromatic N) is 1. The molecule has 0 aliphatic rings.